The molecule has 2 aromatic heterocycles. The van der Waals surface area contributed by atoms with Gasteiger partial charge in [-0.25, -0.2) is 0 Å². The van der Waals surface area contributed by atoms with Crippen molar-refractivity contribution in [3.05, 3.63) is 53.6 Å². The first-order valence-corrected chi connectivity index (χ1v) is 8.61. The van der Waals surface area contributed by atoms with E-state index in [4.69, 9.17) is 0 Å². The Morgan fingerprint density at radius 3 is 2.67 bits per heavy atom. The number of hydrogen-bond acceptors (Lipinski definition) is 6. The van der Waals surface area contributed by atoms with Gasteiger partial charge in [-0.3, -0.25) is 4.79 Å². The first-order valence-electron chi connectivity index (χ1n) is 7.79. The number of nitrogens with one attached hydrogen (secondary N) is 1. The number of hydrogen-bond donors (Lipinski definition) is 1. The standard InChI is InChI=1S/C16H16N6OS/c23-15(12-7-13(8-12)22-9-17-18-10-22)19-16-21-20-14(24-16)6-11-4-2-1-3-5-11/h1-5,9-10,12-13H,6-8H2,(H,19,21,23). The van der Waals surface area contributed by atoms with Crippen molar-refractivity contribution in [2.75, 3.05) is 5.32 Å². The van der Waals surface area contributed by atoms with E-state index in [1.54, 1.807) is 12.7 Å². The van der Waals surface area contributed by atoms with Gasteiger partial charge in [0, 0.05) is 18.4 Å². The summed E-state index contributed by atoms with van der Waals surface area (Å²) < 4.78 is 1.95. The zero-order valence-electron chi connectivity index (χ0n) is 12.9. The molecule has 0 saturated heterocycles. The number of aromatic nitrogens is 5. The van der Waals surface area contributed by atoms with E-state index in [2.05, 4.69) is 37.8 Å². The molecular formula is C16H16N6OS. The van der Waals surface area contributed by atoms with Crippen molar-refractivity contribution in [1.82, 2.24) is 25.0 Å². The maximum Gasteiger partial charge on any atom is 0.229 e. The maximum atomic E-state index is 12.3. The molecular weight excluding hydrogens is 324 g/mol. The number of carbonyl (C=O) groups excluding carboxylic acids is 1. The number of carbonyl (C=O) groups is 1. The van der Waals surface area contributed by atoms with Crippen molar-refractivity contribution in [1.29, 1.82) is 0 Å². The van der Waals surface area contributed by atoms with E-state index in [1.807, 2.05) is 22.8 Å². The van der Waals surface area contributed by atoms with Crippen LogP contribution in [0.3, 0.4) is 0 Å². The average molecular weight is 340 g/mol. The molecule has 7 nitrogen and oxygen atoms in total. The molecule has 0 bridgehead atoms. The summed E-state index contributed by atoms with van der Waals surface area (Å²) >= 11 is 1.43. The molecule has 1 aliphatic carbocycles. The van der Waals surface area contributed by atoms with Gasteiger partial charge in [0.05, 0.1) is 0 Å². The summed E-state index contributed by atoms with van der Waals surface area (Å²) in [4.78, 5) is 12.3. The number of amides is 1. The third kappa shape index (κ3) is 3.18. The molecule has 1 N–H and O–H groups in total. The summed E-state index contributed by atoms with van der Waals surface area (Å²) in [7, 11) is 0. The van der Waals surface area contributed by atoms with E-state index in [1.165, 1.54) is 16.9 Å². The van der Waals surface area contributed by atoms with Crippen molar-refractivity contribution < 1.29 is 4.79 Å². The summed E-state index contributed by atoms with van der Waals surface area (Å²) in [6.07, 6.45) is 5.73. The minimum Gasteiger partial charge on any atom is -0.317 e. The summed E-state index contributed by atoms with van der Waals surface area (Å²) in [6, 6.07) is 10.4. The van der Waals surface area contributed by atoms with Gasteiger partial charge >= 0.3 is 0 Å². The Kier molecular flexibility index (Phi) is 4.04. The fourth-order valence-corrected chi connectivity index (χ4v) is 3.57. The highest BCUT2D eigenvalue weighted by molar-refractivity contribution is 7.15. The van der Waals surface area contributed by atoms with Gasteiger partial charge in [0.25, 0.3) is 0 Å². The SMILES string of the molecule is O=C(Nc1nnc(Cc2ccccc2)s1)C1CC(n2cnnc2)C1. The van der Waals surface area contributed by atoms with Crippen molar-refractivity contribution in [3.63, 3.8) is 0 Å². The molecule has 3 aromatic rings. The molecule has 4 rings (SSSR count). The Bertz CT molecular complexity index is 810. The molecule has 1 fully saturated rings. The number of anilines is 1. The monoisotopic (exact) mass is 340 g/mol. The summed E-state index contributed by atoms with van der Waals surface area (Å²) in [5, 5.41) is 20.2. The topological polar surface area (TPSA) is 85.6 Å². The fraction of sp³-hybridized carbons (Fsp3) is 0.312. The zero-order chi connectivity index (χ0) is 16.4. The van der Waals surface area contributed by atoms with Crippen LogP contribution < -0.4 is 5.32 Å². The molecule has 0 unspecified atom stereocenters. The maximum absolute atomic E-state index is 12.3. The van der Waals surface area contributed by atoms with Gasteiger partial charge in [-0.1, -0.05) is 41.7 Å². The van der Waals surface area contributed by atoms with Gasteiger partial charge in [0.1, 0.15) is 17.7 Å². The quantitative estimate of drug-likeness (QED) is 0.770. The van der Waals surface area contributed by atoms with Gasteiger partial charge in [0.2, 0.25) is 11.0 Å². The van der Waals surface area contributed by atoms with E-state index in [-0.39, 0.29) is 11.8 Å². The fourth-order valence-electron chi connectivity index (χ4n) is 2.80. The second kappa shape index (κ2) is 6.48. The highest BCUT2D eigenvalue weighted by atomic mass is 32.1. The predicted octanol–water partition coefficient (Wildman–Crippen LogP) is 2.31. The summed E-state index contributed by atoms with van der Waals surface area (Å²) in [5.74, 6) is 0.0283. The Morgan fingerprint density at radius 1 is 1.17 bits per heavy atom. The lowest BCUT2D eigenvalue weighted by molar-refractivity contribution is -0.123. The Hall–Kier alpha value is -2.61. The van der Waals surface area contributed by atoms with E-state index >= 15 is 0 Å². The molecule has 0 atom stereocenters. The first-order chi connectivity index (χ1) is 11.8. The first kappa shape index (κ1) is 14.9. The Morgan fingerprint density at radius 2 is 1.92 bits per heavy atom. The van der Waals surface area contributed by atoms with Crippen LogP contribution in [0.2, 0.25) is 0 Å². The third-order valence-electron chi connectivity index (χ3n) is 4.24. The lowest BCUT2D eigenvalue weighted by Crippen LogP contribution is -2.35. The molecule has 24 heavy (non-hydrogen) atoms. The molecule has 2 heterocycles. The lowest BCUT2D eigenvalue weighted by Gasteiger charge is -2.34. The highest BCUT2D eigenvalue weighted by Crippen LogP contribution is 2.38. The largest absolute Gasteiger partial charge is 0.317 e. The summed E-state index contributed by atoms with van der Waals surface area (Å²) in [5.41, 5.74) is 1.18. The normalized spacial score (nSPS) is 19.7. The smallest absolute Gasteiger partial charge is 0.229 e. The van der Waals surface area contributed by atoms with Gasteiger partial charge in [-0.05, 0) is 18.4 Å². The van der Waals surface area contributed by atoms with Crippen molar-refractivity contribution >= 4 is 22.4 Å². The van der Waals surface area contributed by atoms with Crippen LogP contribution in [0.15, 0.2) is 43.0 Å². The molecule has 1 aromatic carbocycles. The van der Waals surface area contributed by atoms with Gasteiger partial charge in [-0.2, -0.15) is 0 Å². The second-order valence-corrected chi connectivity index (χ2v) is 6.95. The summed E-state index contributed by atoms with van der Waals surface area (Å²) in [6.45, 7) is 0. The van der Waals surface area contributed by atoms with Crippen LogP contribution in [0, 0.1) is 5.92 Å². The lowest BCUT2D eigenvalue weighted by atomic mass is 9.79. The molecule has 0 aliphatic heterocycles. The van der Waals surface area contributed by atoms with Crippen LogP contribution in [-0.2, 0) is 11.2 Å². The minimum atomic E-state index is 0.0128. The van der Waals surface area contributed by atoms with Gasteiger partial charge in [-0.15, -0.1) is 20.4 Å². The number of rotatable bonds is 5. The minimum absolute atomic E-state index is 0.0128. The third-order valence-corrected chi connectivity index (χ3v) is 5.08. The Balaban J connectivity index is 1.31. The molecule has 0 spiro atoms. The van der Waals surface area contributed by atoms with E-state index in [0.717, 1.165) is 24.3 Å². The van der Waals surface area contributed by atoms with Crippen LogP contribution in [0.5, 0.6) is 0 Å². The van der Waals surface area contributed by atoms with E-state index in [9.17, 15) is 4.79 Å². The zero-order valence-corrected chi connectivity index (χ0v) is 13.7. The molecule has 0 radical (unpaired) electrons. The molecule has 1 amide bonds. The van der Waals surface area contributed by atoms with Crippen molar-refractivity contribution in [2.24, 2.45) is 5.92 Å². The molecule has 1 aliphatic rings. The van der Waals surface area contributed by atoms with E-state index < -0.39 is 0 Å². The molecule has 1 saturated carbocycles. The van der Waals surface area contributed by atoms with Crippen molar-refractivity contribution in [3.8, 4) is 0 Å². The number of nitrogens with zero attached hydrogens (tertiary/aromatic N) is 5. The predicted molar refractivity (Wildman–Crippen MR) is 89.6 cm³/mol. The molecule has 122 valence electrons. The second-order valence-electron chi connectivity index (χ2n) is 5.88. The van der Waals surface area contributed by atoms with Crippen molar-refractivity contribution in [2.45, 2.75) is 25.3 Å². The van der Waals surface area contributed by atoms with Crippen LogP contribution in [0.4, 0.5) is 5.13 Å². The van der Waals surface area contributed by atoms with Crippen LogP contribution in [0.1, 0.15) is 29.5 Å². The highest BCUT2D eigenvalue weighted by Gasteiger charge is 2.35. The van der Waals surface area contributed by atoms with Crippen LogP contribution in [0.25, 0.3) is 0 Å². The number of benzene rings is 1. The average Bonchev–Trinajstić information content (AvgIpc) is 3.19. The van der Waals surface area contributed by atoms with Gasteiger partial charge < -0.3 is 9.88 Å². The van der Waals surface area contributed by atoms with E-state index in [0.29, 0.717) is 11.2 Å². The molecule has 8 heteroatoms. The van der Waals surface area contributed by atoms with Gasteiger partial charge in [0.15, 0.2) is 0 Å². The van der Waals surface area contributed by atoms with Crippen LogP contribution in [-0.4, -0.2) is 30.9 Å². The Labute approximate surface area is 142 Å². The van der Waals surface area contributed by atoms with Crippen LogP contribution >= 0.6 is 11.3 Å².